The van der Waals surface area contributed by atoms with Crippen LogP contribution in [-0.2, 0) is 15.9 Å². The maximum absolute atomic E-state index is 12.6. The fraction of sp³-hybridized carbons (Fsp3) is 0.312. The van der Waals surface area contributed by atoms with E-state index < -0.39 is 24.5 Å². The molecule has 3 aromatic rings. The van der Waals surface area contributed by atoms with Gasteiger partial charge in [-0.2, -0.15) is 0 Å². The average Bonchev–Trinajstić information content (AvgIpc) is 2.94. The van der Waals surface area contributed by atoms with Crippen LogP contribution in [0.15, 0.2) is 91.5 Å². The van der Waals surface area contributed by atoms with E-state index in [0.29, 0.717) is 11.1 Å². The molecule has 0 aliphatic carbocycles. The summed E-state index contributed by atoms with van der Waals surface area (Å²) in [5.41, 5.74) is 4.13. The second kappa shape index (κ2) is 13.2. The van der Waals surface area contributed by atoms with Gasteiger partial charge >= 0.3 is 11.9 Å². The normalized spacial score (nSPS) is 22.6. The quantitative estimate of drug-likeness (QED) is 0.325. The van der Waals surface area contributed by atoms with Crippen LogP contribution in [0.3, 0.4) is 0 Å². The van der Waals surface area contributed by atoms with Gasteiger partial charge in [-0.3, -0.25) is 0 Å². The van der Waals surface area contributed by atoms with Gasteiger partial charge in [-0.25, -0.2) is 9.59 Å². The van der Waals surface area contributed by atoms with Gasteiger partial charge in [0.2, 0.25) is 12.6 Å². The number of benzene rings is 3. The minimum Gasteiger partial charge on any atom is -0.432 e. The molecule has 2 N–H and O–H groups in total. The second-order valence-electron chi connectivity index (χ2n) is 9.72. The molecule has 0 saturated heterocycles. The Bertz CT molecular complexity index is 1200. The zero-order valence-corrected chi connectivity index (χ0v) is 21.4. The van der Waals surface area contributed by atoms with Crippen molar-refractivity contribution in [3.63, 3.8) is 0 Å². The van der Waals surface area contributed by atoms with Crippen molar-refractivity contribution in [3.05, 3.63) is 119 Å². The molecular formula is C32H34O6. The van der Waals surface area contributed by atoms with Gasteiger partial charge < -0.3 is 19.7 Å². The van der Waals surface area contributed by atoms with Crippen molar-refractivity contribution in [2.75, 3.05) is 0 Å². The molecule has 3 heterocycles. The van der Waals surface area contributed by atoms with Gasteiger partial charge in [0.25, 0.3) is 0 Å². The Morgan fingerprint density at radius 2 is 1.24 bits per heavy atom. The zero-order chi connectivity index (χ0) is 26.9. The number of hydrogen-bond acceptors (Lipinski definition) is 6. The molecule has 0 spiro atoms. The third-order valence-corrected chi connectivity index (χ3v) is 7.03. The number of esters is 2. The average molecular weight is 515 g/mol. The number of allylic oxidation sites excluding steroid dienone is 1. The predicted molar refractivity (Wildman–Crippen MR) is 145 cm³/mol. The molecule has 0 radical (unpaired) electrons. The fourth-order valence-corrected chi connectivity index (χ4v) is 4.89. The summed E-state index contributed by atoms with van der Waals surface area (Å²) in [5, 5.41) is 20.2. The van der Waals surface area contributed by atoms with Crippen LogP contribution in [0.4, 0.5) is 0 Å². The number of hydrogen-bond donors (Lipinski definition) is 2. The van der Waals surface area contributed by atoms with E-state index in [1.807, 2.05) is 48.5 Å². The van der Waals surface area contributed by atoms with Crippen LogP contribution in [-0.4, -0.2) is 34.7 Å². The summed E-state index contributed by atoms with van der Waals surface area (Å²) in [6, 6.07) is 25.0. The summed E-state index contributed by atoms with van der Waals surface area (Å²) in [7, 11) is 0. The largest absolute Gasteiger partial charge is 0.432 e. The number of carbonyl (C=O) groups is 2. The lowest BCUT2D eigenvalue weighted by Gasteiger charge is -2.24. The van der Waals surface area contributed by atoms with Gasteiger partial charge in [0.1, 0.15) is 0 Å². The lowest BCUT2D eigenvalue weighted by Crippen LogP contribution is -2.23. The van der Waals surface area contributed by atoms with Crippen LogP contribution in [0.2, 0.25) is 0 Å². The molecule has 2 unspecified atom stereocenters. The van der Waals surface area contributed by atoms with Crippen LogP contribution in [0.1, 0.15) is 81.3 Å². The van der Waals surface area contributed by atoms with E-state index in [1.165, 1.54) is 5.56 Å². The minimum atomic E-state index is -1.44. The highest BCUT2D eigenvalue weighted by Crippen LogP contribution is 2.36. The second-order valence-corrected chi connectivity index (χ2v) is 9.72. The zero-order valence-electron chi connectivity index (χ0n) is 21.4. The van der Waals surface area contributed by atoms with Crippen molar-refractivity contribution < 1.29 is 29.3 Å². The number of aliphatic hydroxyl groups excluding tert-OH is 2. The number of aliphatic hydroxyl groups is 2. The Balaban J connectivity index is 1.66. The van der Waals surface area contributed by atoms with Gasteiger partial charge in [0.05, 0.1) is 11.1 Å². The minimum absolute atomic E-state index is 0.0813. The van der Waals surface area contributed by atoms with Crippen LogP contribution >= 0.6 is 0 Å². The molecular weight excluding hydrogens is 480 g/mol. The van der Waals surface area contributed by atoms with Crippen LogP contribution in [0.5, 0.6) is 0 Å². The first kappa shape index (κ1) is 27.3. The molecule has 38 heavy (non-hydrogen) atoms. The highest BCUT2D eigenvalue weighted by molar-refractivity contribution is 5.90. The smallest absolute Gasteiger partial charge is 0.340 e. The molecule has 4 atom stereocenters. The number of aryl methyl sites for hydroxylation is 1. The van der Waals surface area contributed by atoms with Crippen molar-refractivity contribution in [2.45, 2.75) is 62.9 Å². The van der Waals surface area contributed by atoms with E-state index in [2.05, 4.69) is 18.7 Å². The molecule has 0 saturated carbocycles. The molecule has 4 bridgehead atoms. The Labute approximate surface area is 223 Å². The van der Waals surface area contributed by atoms with Crippen molar-refractivity contribution in [1.29, 1.82) is 0 Å². The van der Waals surface area contributed by atoms with Crippen molar-refractivity contribution in [1.82, 2.24) is 0 Å². The lowest BCUT2D eigenvalue weighted by molar-refractivity contribution is -0.103. The van der Waals surface area contributed by atoms with E-state index >= 15 is 0 Å². The van der Waals surface area contributed by atoms with Crippen molar-refractivity contribution in [3.8, 4) is 0 Å². The van der Waals surface area contributed by atoms with Crippen molar-refractivity contribution in [2.24, 2.45) is 0 Å². The fourth-order valence-electron chi connectivity index (χ4n) is 4.89. The lowest BCUT2D eigenvalue weighted by atomic mass is 9.80. The molecule has 0 amide bonds. The summed E-state index contributed by atoms with van der Waals surface area (Å²) in [6.45, 7) is 3.97. The van der Waals surface area contributed by atoms with Crippen LogP contribution in [0.25, 0.3) is 0 Å². The van der Waals surface area contributed by atoms with Gasteiger partial charge in [-0.15, -0.1) is 6.58 Å². The molecule has 0 fully saturated rings. The van der Waals surface area contributed by atoms with E-state index in [-0.39, 0.29) is 24.7 Å². The van der Waals surface area contributed by atoms with E-state index in [0.717, 1.165) is 36.8 Å². The summed E-state index contributed by atoms with van der Waals surface area (Å²) in [4.78, 5) is 25.1. The predicted octanol–water partition coefficient (Wildman–Crippen LogP) is 5.90. The monoisotopic (exact) mass is 514 g/mol. The Morgan fingerprint density at radius 3 is 1.74 bits per heavy atom. The summed E-state index contributed by atoms with van der Waals surface area (Å²) in [6.07, 6.45) is 2.33. The highest BCUT2D eigenvalue weighted by atomic mass is 16.6. The third kappa shape index (κ3) is 7.40. The maximum atomic E-state index is 12.6. The summed E-state index contributed by atoms with van der Waals surface area (Å²) >= 11 is 0. The van der Waals surface area contributed by atoms with Crippen LogP contribution in [0, 0.1) is 0 Å². The Morgan fingerprint density at radius 1 is 0.737 bits per heavy atom. The first-order valence-corrected chi connectivity index (χ1v) is 13.1. The molecule has 3 aromatic carbocycles. The number of ether oxygens (including phenoxy) is 2. The Hall–Kier alpha value is -3.74. The van der Waals surface area contributed by atoms with Gasteiger partial charge in [0, 0.05) is 12.8 Å². The molecule has 6 rings (SSSR count). The molecule has 198 valence electrons. The summed E-state index contributed by atoms with van der Waals surface area (Å²) in [5.74, 6) is -0.938. The first-order valence-electron chi connectivity index (χ1n) is 13.1. The van der Waals surface area contributed by atoms with Gasteiger partial charge in [0.15, 0.2) is 0 Å². The number of carbonyl (C=O) groups excluding carboxylic acids is 2. The number of fused-ring (bicyclic) bond motifs is 2. The third-order valence-electron chi connectivity index (χ3n) is 7.03. The standard InChI is InChI=1S/C32H34O6/c1-2-6-27-21-28(10-9-22-7-4-3-5-8-22)24-13-17-26(18-14-24)32(36)38-30(34)20-19-29(33)37-31(35)25-15-11-23(27)12-16-25/h2-5,7-8,11-18,27-30,33-34H,1,6,9-10,19-21H2/t27?,28?,29-,30-/m0/s1. The number of rotatable bonds is 5. The van der Waals surface area contributed by atoms with E-state index in [4.69, 9.17) is 9.47 Å². The van der Waals surface area contributed by atoms with Crippen molar-refractivity contribution >= 4 is 11.9 Å². The van der Waals surface area contributed by atoms with E-state index in [1.54, 1.807) is 24.3 Å². The highest BCUT2D eigenvalue weighted by Gasteiger charge is 2.22. The maximum Gasteiger partial charge on any atom is 0.340 e. The first-order chi connectivity index (χ1) is 18.4. The molecule has 0 aromatic heterocycles. The van der Waals surface area contributed by atoms with Gasteiger partial charge in [-0.05, 0) is 78.5 Å². The molecule has 6 nitrogen and oxygen atoms in total. The summed E-state index contributed by atoms with van der Waals surface area (Å²) < 4.78 is 10.2. The Kier molecular flexibility index (Phi) is 9.46. The molecule has 3 aliphatic rings. The SMILES string of the molecule is C=CCC1CC(CCc2ccccc2)c2ccc(cc2)C(=O)O[C@H](O)CC[C@@H](O)OC(=O)c2ccc1cc2. The molecule has 6 heteroatoms. The van der Waals surface area contributed by atoms with Crippen LogP contribution < -0.4 is 0 Å². The van der Waals surface area contributed by atoms with Gasteiger partial charge in [-0.1, -0.05) is 60.7 Å². The topological polar surface area (TPSA) is 93.1 Å². The van der Waals surface area contributed by atoms with E-state index in [9.17, 15) is 19.8 Å². The molecule has 3 aliphatic heterocycles.